The van der Waals surface area contributed by atoms with E-state index in [1.54, 1.807) is 6.07 Å². The first-order chi connectivity index (χ1) is 9.03. The van der Waals surface area contributed by atoms with Crippen molar-refractivity contribution >= 4 is 48.6 Å². The third-order valence-corrected chi connectivity index (χ3v) is 7.21. The Balaban J connectivity index is 2.07. The molecule has 4 nitrogen and oxygen atoms in total. The molecule has 0 unspecified atom stereocenters. The maximum Gasteiger partial charge on any atom is 0.250 e. The van der Waals surface area contributed by atoms with E-state index in [0.717, 1.165) is 14.9 Å². The summed E-state index contributed by atoms with van der Waals surface area (Å²) in [4.78, 5) is 0.968. The fraction of sp³-hybridized carbons (Fsp3) is 0.273. The van der Waals surface area contributed by atoms with Crippen molar-refractivity contribution in [3.63, 3.8) is 0 Å². The van der Waals surface area contributed by atoms with Crippen LogP contribution in [0.3, 0.4) is 0 Å². The highest BCUT2D eigenvalue weighted by atomic mass is 79.9. The van der Waals surface area contributed by atoms with Gasteiger partial charge in [-0.3, -0.25) is 0 Å². The van der Waals surface area contributed by atoms with E-state index >= 15 is 0 Å². The van der Waals surface area contributed by atoms with Crippen LogP contribution in [0.5, 0.6) is 0 Å². The Morgan fingerprint density at radius 3 is 2.74 bits per heavy atom. The average molecular weight is 381 g/mol. The van der Waals surface area contributed by atoms with Crippen LogP contribution in [0, 0.1) is 0 Å². The van der Waals surface area contributed by atoms with Crippen molar-refractivity contribution in [2.75, 3.05) is 7.05 Å². The van der Waals surface area contributed by atoms with Gasteiger partial charge in [0.25, 0.3) is 0 Å². The molecule has 0 saturated carbocycles. The summed E-state index contributed by atoms with van der Waals surface area (Å²) in [6.07, 6.45) is 0. The fourth-order valence-electron chi connectivity index (χ4n) is 1.47. The summed E-state index contributed by atoms with van der Waals surface area (Å²) in [6, 6.07) is 3.61. The van der Waals surface area contributed by atoms with Crippen LogP contribution in [0.1, 0.15) is 10.4 Å². The van der Waals surface area contributed by atoms with Crippen LogP contribution < -0.4 is 10.0 Å². The summed E-state index contributed by atoms with van der Waals surface area (Å²) in [5.74, 6) is 0. The first-order valence-corrected chi connectivity index (χ1v) is 9.50. The molecule has 0 bridgehead atoms. The highest BCUT2D eigenvalue weighted by molar-refractivity contribution is 9.10. The highest BCUT2D eigenvalue weighted by Crippen LogP contribution is 2.24. The minimum Gasteiger partial charge on any atom is -0.316 e. The van der Waals surface area contributed by atoms with E-state index in [1.165, 1.54) is 22.7 Å². The number of thiophene rings is 2. The van der Waals surface area contributed by atoms with Crippen molar-refractivity contribution in [1.29, 1.82) is 0 Å². The maximum atomic E-state index is 12.1. The largest absolute Gasteiger partial charge is 0.316 e. The van der Waals surface area contributed by atoms with Crippen LogP contribution >= 0.6 is 38.6 Å². The molecular formula is C11H13BrN2O2S3. The van der Waals surface area contributed by atoms with E-state index in [-0.39, 0.29) is 0 Å². The number of nitrogens with one attached hydrogen (secondary N) is 2. The molecule has 2 rings (SSSR count). The molecule has 0 aromatic carbocycles. The molecule has 0 amide bonds. The molecule has 0 fully saturated rings. The molecule has 0 saturated heterocycles. The third kappa shape index (κ3) is 3.87. The molecule has 0 aliphatic rings. The zero-order chi connectivity index (χ0) is 13.9. The van der Waals surface area contributed by atoms with Crippen molar-refractivity contribution < 1.29 is 8.42 Å². The van der Waals surface area contributed by atoms with Crippen LogP contribution in [-0.2, 0) is 23.1 Å². The minimum absolute atomic E-state index is 0.305. The van der Waals surface area contributed by atoms with Gasteiger partial charge in [-0.1, -0.05) is 0 Å². The van der Waals surface area contributed by atoms with Crippen molar-refractivity contribution in [3.05, 3.63) is 37.8 Å². The van der Waals surface area contributed by atoms with Crippen molar-refractivity contribution in [2.24, 2.45) is 0 Å². The molecule has 2 heterocycles. The summed E-state index contributed by atoms with van der Waals surface area (Å²) < 4.78 is 28.2. The van der Waals surface area contributed by atoms with Gasteiger partial charge in [0.1, 0.15) is 4.21 Å². The molecule has 104 valence electrons. The van der Waals surface area contributed by atoms with Crippen LogP contribution in [0.4, 0.5) is 0 Å². The summed E-state index contributed by atoms with van der Waals surface area (Å²) in [5, 5.41) is 6.77. The van der Waals surface area contributed by atoms with E-state index in [0.29, 0.717) is 17.3 Å². The number of sulfonamides is 1. The number of hydrogen-bond donors (Lipinski definition) is 2. The molecule has 0 atom stereocenters. The number of rotatable bonds is 6. The maximum absolute atomic E-state index is 12.1. The summed E-state index contributed by atoms with van der Waals surface area (Å²) in [7, 11) is -1.59. The van der Waals surface area contributed by atoms with Crippen LogP contribution in [0.25, 0.3) is 0 Å². The normalized spacial score (nSPS) is 11.9. The van der Waals surface area contributed by atoms with Crippen LogP contribution in [0.2, 0.25) is 0 Å². The summed E-state index contributed by atoms with van der Waals surface area (Å²) >= 11 is 6.14. The minimum atomic E-state index is -3.42. The van der Waals surface area contributed by atoms with E-state index in [2.05, 4.69) is 26.0 Å². The van der Waals surface area contributed by atoms with Gasteiger partial charge >= 0.3 is 0 Å². The first-order valence-electron chi connectivity index (χ1n) is 5.46. The van der Waals surface area contributed by atoms with Crippen molar-refractivity contribution in [1.82, 2.24) is 10.0 Å². The summed E-state index contributed by atoms with van der Waals surface area (Å²) in [5.41, 5.74) is 0.977. The molecule has 0 aliphatic heterocycles. The number of halogens is 1. The molecular weight excluding hydrogens is 368 g/mol. The van der Waals surface area contributed by atoms with Gasteiger partial charge in [-0.05, 0) is 51.4 Å². The monoisotopic (exact) mass is 380 g/mol. The second-order valence-corrected chi connectivity index (χ2v) is 8.58. The third-order valence-electron chi connectivity index (χ3n) is 2.39. The van der Waals surface area contributed by atoms with Gasteiger partial charge in [-0.2, -0.15) is 0 Å². The molecule has 8 heteroatoms. The van der Waals surface area contributed by atoms with Gasteiger partial charge in [0.2, 0.25) is 10.0 Å². The lowest BCUT2D eigenvalue weighted by Gasteiger charge is -2.03. The van der Waals surface area contributed by atoms with Gasteiger partial charge in [0.15, 0.2) is 0 Å². The quantitative estimate of drug-likeness (QED) is 0.809. The first kappa shape index (κ1) is 15.1. The molecule has 2 aromatic rings. The zero-order valence-corrected chi connectivity index (χ0v) is 14.2. The SMILES string of the molecule is CNCc1csc(S(=O)(=O)NCc2sccc2Br)c1. The van der Waals surface area contributed by atoms with E-state index in [4.69, 9.17) is 0 Å². The lowest BCUT2D eigenvalue weighted by atomic mass is 10.3. The molecule has 19 heavy (non-hydrogen) atoms. The Hall–Kier alpha value is -0.250. The van der Waals surface area contributed by atoms with Gasteiger partial charge < -0.3 is 5.32 Å². The van der Waals surface area contributed by atoms with Gasteiger partial charge in [-0.15, -0.1) is 22.7 Å². The highest BCUT2D eigenvalue weighted by Gasteiger charge is 2.17. The second-order valence-electron chi connectivity index (χ2n) is 3.82. The van der Waals surface area contributed by atoms with Crippen LogP contribution in [-0.4, -0.2) is 15.5 Å². The molecule has 2 aromatic heterocycles. The smallest absolute Gasteiger partial charge is 0.250 e. The lowest BCUT2D eigenvalue weighted by molar-refractivity contribution is 0.583. The lowest BCUT2D eigenvalue weighted by Crippen LogP contribution is -2.22. The Bertz CT molecular complexity index is 648. The van der Waals surface area contributed by atoms with E-state index in [9.17, 15) is 8.42 Å². The Kier molecular flexibility index (Phi) is 5.15. The second kappa shape index (κ2) is 6.47. The predicted octanol–water partition coefficient (Wildman–Crippen LogP) is 2.77. The van der Waals surface area contributed by atoms with Gasteiger partial charge in [-0.25, -0.2) is 13.1 Å². The topological polar surface area (TPSA) is 58.2 Å². The molecule has 0 aliphatic carbocycles. The standard InChI is InChI=1S/C11H13BrN2O2S3/c1-13-5-8-4-11(18-7-8)19(15,16)14-6-10-9(12)2-3-17-10/h2-4,7,13-14H,5-6H2,1H3. The Morgan fingerprint density at radius 1 is 1.32 bits per heavy atom. The van der Waals surface area contributed by atoms with E-state index < -0.39 is 10.0 Å². The molecule has 0 radical (unpaired) electrons. The van der Waals surface area contributed by atoms with E-state index in [1.807, 2.05) is 23.9 Å². The van der Waals surface area contributed by atoms with Crippen molar-refractivity contribution in [2.45, 2.75) is 17.3 Å². The molecule has 0 spiro atoms. The summed E-state index contributed by atoms with van der Waals surface area (Å²) in [6.45, 7) is 0.975. The van der Waals surface area contributed by atoms with Gasteiger partial charge in [0.05, 0.1) is 0 Å². The number of hydrogen-bond acceptors (Lipinski definition) is 5. The van der Waals surface area contributed by atoms with Gasteiger partial charge in [0, 0.05) is 22.4 Å². The Morgan fingerprint density at radius 2 is 2.11 bits per heavy atom. The average Bonchev–Trinajstić information content (AvgIpc) is 2.97. The zero-order valence-electron chi connectivity index (χ0n) is 10.1. The van der Waals surface area contributed by atoms with Crippen molar-refractivity contribution in [3.8, 4) is 0 Å². The fourth-order valence-corrected chi connectivity index (χ4v) is 5.25. The predicted molar refractivity (Wildman–Crippen MR) is 83.1 cm³/mol. The molecule has 2 N–H and O–H groups in total. The van der Waals surface area contributed by atoms with Crippen LogP contribution in [0.15, 0.2) is 31.6 Å². The Labute approximate surface area is 129 Å².